The summed E-state index contributed by atoms with van der Waals surface area (Å²) in [5.74, 6) is -0.222. The van der Waals surface area contributed by atoms with Crippen molar-refractivity contribution in [2.24, 2.45) is 0 Å². The molecule has 1 heterocycles. The van der Waals surface area contributed by atoms with Gasteiger partial charge in [0.2, 0.25) is 0 Å². The first kappa shape index (κ1) is 15.3. The maximum absolute atomic E-state index is 12.1. The summed E-state index contributed by atoms with van der Waals surface area (Å²) >= 11 is 10.9. The minimum Gasteiger partial charge on any atom is -0.465 e. The number of halogens is 2. The second-order valence-corrected chi connectivity index (χ2v) is 7.14. The highest BCUT2D eigenvalue weighted by atomic mass is 79.9. The van der Waals surface area contributed by atoms with E-state index in [2.05, 4.69) is 21.2 Å². The normalized spacial score (nSPS) is 17.6. The Bertz CT molecular complexity index is 426. The second kappa shape index (κ2) is 7.07. The second-order valence-electron chi connectivity index (χ2n) is 4.60. The van der Waals surface area contributed by atoms with Crippen LogP contribution in [0.4, 0.5) is 0 Å². The van der Waals surface area contributed by atoms with E-state index in [0.29, 0.717) is 17.0 Å². The van der Waals surface area contributed by atoms with Crippen LogP contribution >= 0.6 is 38.9 Å². The summed E-state index contributed by atoms with van der Waals surface area (Å²) < 4.78 is 6.66. The van der Waals surface area contributed by atoms with Crippen LogP contribution in [0.1, 0.15) is 43.5 Å². The third-order valence-electron chi connectivity index (χ3n) is 3.23. The fourth-order valence-electron chi connectivity index (χ4n) is 2.33. The summed E-state index contributed by atoms with van der Waals surface area (Å²) in [4.78, 5) is 13.0. The molecule has 1 aromatic rings. The van der Waals surface area contributed by atoms with E-state index in [1.54, 1.807) is 0 Å². The van der Waals surface area contributed by atoms with Crippen LogP contribution in [0, 0.1) is 0 Å². The molecule has 1 N–H and O–H groups in total. The van der Waals surface area contributed by atoms with Crippen molar-refractivity contribution in [2.75, 3.05) is 6.61 Å². The summed E-state index contributed by atoms with van der Waals surface area (Å²) in [6.07, 6.45) is 4.69. The number of carbonyl (C=O) groups excluding carboxylic acids is 1. The van der Waals surface area contributed by atoms with E-state index < -0.39 is 6.04 Å². The van der Waals surface area contributed by atoms with Gasteiger partial charge in [-0.05, 0) is 41.8 Å². The first-order valence-corrected chi connectivity index (χ1v) is 8.48. The Kier molecular flexibility index (Phi) is 5.69. The van der Waals surface area contributed by atoms with Crippen molar-refractivity contribution in [3.05, 3.63) is 19.8 Å². The lowest BCUT2D eigenvalue weighted by molar-refractivity contribution is -0.146. The minimum atomic E-state index is -0.406. The minimum absolute atomic E-state index is 0.222. The van der Waals surface area contributed by atoms with Crippen molar-refractivity contribution in [2.45, 2.75) is 44.7 Å². The highest BCUT2D eigenvalue weighted by molar-refractivity contribution is 9.10. The molecule has 0 aliphatic heterocycles. The van der Waals surface area contributed by atoms with E-state index >= 15 is 0 Å². The van der Waals surface area contributed by atoms with Crippen molar-refractivity contribution in [3.63, 3.8) is 0 Å². The molecule has 19 heavy (non-hydrogen) atoms. The van der Waals surface area contributed by atoms with Gasteiger partial charge in [-0.15, -0.1) is 11.3 Å². The van der Waals surface area contributed by atoms with E-state index in [-0.39, 0.29) is 5.97 Å². The van der Waals surface area contributed by atoms with Crippen LogP contribution in [-0.2, 0) is 9.53 Å². The fraction of sp³-hybridized carbons (Fsp3) is 0.615. The zero-order valence-electron chi connectivity index (χ0n) is 10.7. The van der Waals surface area contributed by atoms with Crippen molar-refractivity contribution >= 4 is 44.8 Å². The molecule has 0 amide bonds. The van der Waals surface area contributed by atoms with Crippen LogP contribution in [0.5, 0.6) is 0 Å². The molecule has 1 fully saturated rings. The van der Waals surface area contributed by atoms with Crippen molar-refractivity contribution in [3.8, 4) is 0 Å². The van der Waals surface area contributed by atoms with Gasteiger partial charge in [-0.2, -0.15) is 0 Å². The lowest BCUT2D eigenvalue weighted by atomic mass is 10.1. The summed E-state index contributed by atoms with van der Waals surface area (Å²) in [6.45, 7) is 2.21. The highest BCUT2D eigenvalue weighted by Crippen LogP contribution is 2.36. The molecule has 1 aromatic heterocycles. The first-order chi connectivity index (χ1) is 9.11. The molecule has 1 unspecified atom stereocenters. The first-order valence-electron chi connectivity index (χ1n) is 6.49. The quantitative estimate of drug-likeness (QED) is 0.790. The molecule has 1 atom stereocenters. The third kappa shape index (κ3) is 3.94. The zero-order chi connectivity index (χ0) is 13.8. The Morgan fingerprint density at radius 2 is 2.32 bits per heavy atom. The molecule has 0 saturated heterocycles. The molecule has 6 heteroatoms. The average molecular weight is 367 g/mol. The predicted octanol–water partition coefficient (Wildman–Crippen LogP) is 4.30. The van der Waals surface area contributed by atoms with E-state index in [1.165, 1.54) is 24.2 Å². The average Bonchev–Trinajstić information content (AvgIpc) is 2.97. The molecule has 0 aromatic carbocycles. The molecule has 0 spiro atoms. The third-order valence-corrected chi connectivity index (χ3v) is 5.77. The van der Waals surface area contributed by atoms with Gasteiger partial charge in [0.15, 0.2) is 0 Å². The van der Waals surface area contributed by atoms with Gasteiger partial charge in [-0.1, -0.05) is 24.4 Å². The number of ether oxygens (including phenoxy) is 1. The molecule has 3 nitrogen and oxygen atoms in total. The van der Waals surface area contributed by atoms with Gasteiger partial charge in [0, 0.05) is 15.4 Å². The van der Waals surface area contributed by atoms with Crippen molar-refractivity contribution in [1.29, 1.82) is 0 Å². The lowest BCUT2D eigenvalue weighted by Crippen LogP contribution is -2.36. The Morgan fingerprint density at radius 3 is 2.84 bits per heavy atom. The van der Waals surface area contributed by atoms with Crippen LogP contribution in [0.15, 0.2) is 10.5 Å². The van der Waals surface area contributed by atoms with E-state index in [4.69, 9.17) is 16.3 Å². The van der Waals surface area contributed by atoms with E-state index in [1.807, 2.05) is 13.0 Å². The van der Waals surface area contributed by atoms with E-state index in [9.17, 15) is 4.79 Å². The molecule has 0 bridgehead atoms. The predicted molar refractivity (Wildman–Crippen MR) is 81.8 cm³/mol. The summed E-state index contributed by atoms with van der Waals surface area (Å²) in [5.41, 5.74) is 0. The molecule has 1 aliphatic rings. The Morgan fingerprint density at radius 1 is 1.63 bits per heavy atom. The van der Waals surface area contributed by atoms with Crippen LogP contribution < -0.4 is 5.32 Å². The van der Waals surface area contributed by atoms with Crippen molar-refractivity contribution < 1.29 is 9.53 Å². The van der Waals surface area contributed by atoms with Gasteiger partial charge in [-0.25, -0.2) is 4.79 Å². The van der Waals surface area contributed by atoms with Gasteiger partial charge in [0.05, 0.1) is 6.61 Å². The van der Waals surface area contributed by atoms with Crippen LogP contribution in [0.25, 0.3) is 0 Å². The molecular weight excluding hydrogens is 350 g/mol. The molecule has 2 rings (SSSR count). The maximum Gasteiger partial charge on any atom is 0.328 e. The Labute approximate surface area is 130 Å². The molecular formula is C13H17BrClNO2S. The fourth-order valence-corrected chi connectivity index (χ4v) is 4.11. The van der Waals surface area contributed by atoms with Gasteiger partial charge in [0.1, 0.15) is 10.4 Å². The maximum atomic E-state index is 12.1. The number of thiophene rings is 1. The number of nitrogens with one attached hydrogen (secondary N) is 1. The standard InChI is InChI=1S/C13H17BrClNO2S/c1-2-18-13(17)11(16-8-5-3-4-6-8)10-7-9(14)12(15)19-10/h7-8,11,16H,2-6H2,1H3. The Balaban J connectivity index is 2.14. The number of hydrogen-bond donors (Lipinski definition) is 1. The van der Waals surface area contributed by atoms with Gasteiger partial charge in [0.25, 0.3) is 0 Å². The number of esters is 1. The summed E-state index contributed by atoms with van der Waals surface area (Å²) in [5, 5.41) is 3.41. The topological polar surface area (TPSA) is 38.3 Å². The zero-order valence-corrected chi connectivity index (χ0v) is 13.9. The van der Waals surface area contributed by atoms with Gasteiger partial charge in [-0.3, -0.25) is 5.32 Å². The SMILES string of the molecule is CCOC(=O)C(NC1CCCC1)c1cc(Br)c(Cl)s1. The number of hydrogen-bond acceptors (Lipinski definition) is 4. The summed E-state index contributed by atoms with van der Waals surface area (Å²) in [7, 11) is 0. The monoisotopic (exact) mass is 365 g/mol. The number of carbonyl (C=O) groups is 1. The Hall–Kier alpha value is -0.100. The molecule has 1 aliphatic carbocycles. The van der Waals surface area contributed by atoms with Gasteiger partial charge < -0.3 is 4.74 Å². The lowest BCUT2D eigenvalue weighted by Gasteiger charge is -2.20. The summed E-state index contributed by atoms with van der Waals surface area (Å²) in [6, 6.07) is 1.89. The largest absolute Gasteiger partial charge is 0.465 e. The van der Waals surface area contributed by atoms with Crippen LogP contribution in [-0.4, -0.2) is 18.6 Å². The van der Waals surface area contributed by atoms with Crippen molar-refractivity contribution in [1.82, 2.24) is 5.32 Å². The van der Waals surface area contributed by atoms with Crippen LogP contribution in [0.2, 0.25) is 4.34 Å². The molecule has 106 valence electrons. The molecule has 0 radical (unpaired) electrons. The smallest absolute Gasteiger partial charge is 0.328 e. The molecule has 1 saturated carbocycles. The number of rotatable bonds is 5. The van der Waals surface area contributed by atoms with Gasteiger partial charge >= 0.3 is 5.97 Å². The van der Waals surface area contributed by atoms with Crippen LogP contribution in [0.3, 0.4) is 0 Å². The highest BCUT2D eigenvalue weighted by Gasteiger charge is 2.28. The van der Waals surface area contributed by atoms with E-state index in [0.717, 1.165) is 22.2 Å².